The molecule has 64 heavy (non-hydrogen) atoms. The summed E-state index contributed by atoms with van der Waals surface area (Å²) in [5.41, 5.74) is 15.3. The molecule has 0 bridgehead atoms. The maximum absolute atomic E-state index is 2.39. The summed E-state index contributed by atoms with van der Waals surface area (Å²) in [6.07, 6.45) is 0. The third-order valence-electron chi connectivity index (χ3n) is 12.6. The first kappa shape index (κ1) is 37.7. The molecule has 11 aromatic carbocycles. The van der Waals surface area contributed by atoms with Crippen molar-refractivity contribution in [3.05, 3.63) is 249 Å². The van der Waals surface area contributed by atoms with E-state index in [9.17, 15) is 0 Å². The van der Waals surface area contributed by atoms with Gasteiger partial charge in [0.25, 0.3) is 0 Å². The van der Waals surface area contributed by atoms with Crippen LogP contribution in [-0.4, -0.2) is 0 Å². The van der Waals surface area contributed by atoms with Gasteiger partial charge in [-0.05, 0) is 144 Å². The Labute approximate surface area is 377 Å². The maximum Gasteiger partial charge on any atom is 0.0467 e. The fourth-order valence-electron chi connectivity index (χ4n) is 9.43. The van der Waals surface area contributed by atoms with E-state index in [0.717, 1.165) is 22.6 Å². The lowest BCUT2D eigenvalue weighted by atomic mass is 9.92. The molecule has 0 fully saturated rings. The molecule has 1 aromatic heterocycles. The summed E-state index contributed by atoms with van der Waals surface area (Å²) in [5, 5.41) is 7.61. The summed E-state index contributed by atoms with van der Waals surface area (Å²) >= 11 is 1.88. The van der Waals surface area contributed by atoms with Crippen molar-refractivity contribution in [1.82, 2.24) is 0 Å². The highest BCUT2D eigenvalue weighted by Gasteiger charge is 2.17. The van der Waals surface area contributed by atoms with Crippen LogP contribution in [0.15, 0.2) is 249 Å². The number of hydrogen-bond donors (Lipinski definition) is 0. The van der Waals surface area contributed by atoms with Gasteiger partial charge in [0.15, 0.2) is 0 Å². The van der Waals surface area contributed by atoms with Crippen molar-refractivity contribution in [1.29, 1.82) is 0 Å². The van der Waals surface area contributed by atoms with Crippen molar-refractivity contribution >= 4 is 70.1 Å². The third kappa shape index (κ3) is 6.91. The van der Waals surface area contributed by atoms with E-state index >= 15 is 0 Å². The molecule has 2 heteroatoms. The topological polar surface area (TPSA) is 3.24 Å². The van der Waals surface area contributed by atoms with E-state index in [1.165, 1.54) is 91.8 Å². The zero-order chi connectivity index (χ0) is 42.4. The SMILES string of the molecule is c1ccc(-c2cc(-c3cccc(N(c4ccc(-c5ccc6ccccc6c5)cc4)c4ccc(-c5cccc6ccccc56)cc4)c3)cc(-c3cccc4c3sc3ccccc34)c2)cc1. The molecular formula is C62H41NS. The van der Waals surface area contributed by atoms with Gasteiger partial charge in [0, 0.05) is 37.2 Å². The predicted octanol–water partition coefficient (Wildman–Crippen LogP) is 18.2. The van der Waals surface area contributed by atoms with Crippen LogP contribution >= 0.6 is 11.3 Å². The minimum Gasteiger partial charge on any atom is -0.310 e. The van der Waals surface area contributed by atoms with E-state index in [1.54, 1.807) is 0 Å². The monoisotopic (exact) mass is 831 g/mol. The fraction of sp³-hybridized carbons (Fsp3) is 0. The third-order valence-corrected chi connectivity index (χ3v) is 13.8. The molecule has 0 aliphatic rings. The van der Waals surface area contributed by atoms with Gasteiger partial charge in [-0.2, -0.15) is 0 Å². The zero-order valence-electron chi connectivity index (χ0n) is 35.0. The maximum atomic E-state index is 2.39. The first-order chi connectivity index (χ1) is 31.7. The molecule has 0 aliphatic heterocycles. The minimum absolute atomic E-state index is 1.09. The van der Waals surface area contributed by atoms with Crippen molar-refractivity contribution in [2.24, 2.45) is 0 Å². The van der Waals surface area contributed by atoms with Crippen LogP contribution in [0.4, 0.5) is 17.1 Å². The predicted molar refractivity (Wildman–Crippen MR) is 276 cm³/mol. The highest BCUT2D eigenvalue weighted by molar-refractivity contribution is 7.26. The van der Waals surface area contributed by atoms with E-state index in [1.807, 2.05) is 11.3 Å². The first-order valence-corrected chi connectivity index (χ1v) is 22.7. The highest BCUT2D eigenvalue weighted by Crippen LogP contribution is 2.44. The molecule has 0 atom stereocenters. The quantitative estimate of drug-likeness (QED) is 0.147. The molecule has 0 spiro atoms. The Balaban J connectivity index is 0.989. The van der Waals surface area contributed by atoms with Crippen molar-refractivity contribution in [2.75, 3.05) is 4.90 Å². The molecule has 0 saturated heterocycles. The number of fused-ring (bicyclic) bond motifs is 5. The van der Waals surface area contributed by atoms with Crippen LogP contribution in [0, 0.1) is 0 Å². The Morgan fingerprint density at radius 1 is 0.250 bits per heavy atom. The van der Waals surface area contributed by atoms with Crippen LogP contribution < -0.4 is 4.90 Å². The van der Waals surface area contributed by atoms with Gasteiger partial charge in [-0.25, -0.2) is 0 Å². The van der Waals surface area contributed by atoms with Gasteiger partial charge >= 0.3 is 0 Å². The van der Waals surface area contributed by atoms with E-state index in [0.29, 0.717) is 0 Å². The Kier molecular flexibility index (Phi) is 9.43. The summed E-state index contributed by atoms with van der Waals surface area (Å²) in [4.78, 5) is 2.39. The second-order valence-electron chi connectivity index (χ2n) is 16.5. The van der Waals surface area contributed by atoms with Crippen molar-refractivity contribution in [3.8, 4) is 55.6 Å². The molecule has 300 valence electrons. The van der Waals surface area contributed by atoms with Crippen molar-refractivity contribution < 1.29 is 0 Å². The lowest BCUT2D eigenvalue weighted by Crippen LogP contribution is -2.10. The largest absolute Gasteiger partial charge is 0.310 e. The number of hydrogen-bond acceptors (Lipinski definition) is 2. The van der Waals surface area contributed by atoms with E-state index in [2.05, 4.69) is 254 Å². The summed E-state index contributed by atoms with van der Waals surface area (Å²) in [7, 11) is 0. The van der Waals surface area contributed by atoms with Gasteiger partial charge in [-0.1, -0.05) is 182 Å². The van der Waals surface area contributed by atoms with Crippen molar-refractivity contribution in [3.63, 3.8) is 0 Å². The lowest BCUT2D eigenvalue weighted by Gasteiger charge is -2.26. The first-order valence-electron chi connectivity index (χ1n) is 21.9. The number of rotatable bonds is 8. The van der Waals surface area contributed by atoms with E-state index in [-0.39, 0.29) is 0 Å². The highest BCUT2D eigenvalue weighted by atomic mass is 32.1. The van der Waals surface area contributed by atoms with Crippen LogP contribution in [0.1, 0.15) is 0 Å². The zero-order valence-corrected chi connectivity index (χ0v) is 35.8. The Bertz CT molecular complexity index is 3650. The van der Waals surface area contributed by atoms with Gasteiger partial charge in [0.2, 0.25) is 0 Å². The lowest BCUT2D eigenvalue weighted by molar-refractivity contribution is 1.28. The molecule has 12 rings (SSSR count). The molecule has 0 saturated carbocycles. The van der Waals surface area contributed by atoms with Crippen LogP contribution in [0.5, 0.6) is 0 Å². The smallest absolute Gasteiger partial charge is 0.0467 e. The van der Waals surface area contributed by atoms with Crippen LogP contribution in [0.3, 0.4) is 0 Å². The van der Waals surface area contributed by atoms with Gasteiger partial charge in [-0.3, -0.25) is 0 Å². The van der Waals surface area contributed by atoms with E-state index in [4.69, 9.17) is 0 Å². The fourth-order valence-corrected chi connectivity index (χ4v) is 10.7. The average Bonchev–Trinajstić information content (AvgIpc) is 3.76. The number of anilines is 3. The molecule has 1 heterocycles. The molecular weight excluding hydrogens is 791 g/mol. The Morgan fingerprint density at radius 2 is 0.781 bits per heavy atom. The molecule has 0 aliphatic carbocycles. The molecule has 0 amide bonds. The van der Waals surface area contributed by atoms with E-state index < -0.39 is 0 Å². The molecule has 1 nitrogen and oxygen atoms in total. The summed E-state index contributed by atoms with van der Waals surface area (Å²) in [6.45, 7) is 0. The van der Waals surface area contributed by atoms with Gasteiger partial charge < -0.3 is 4.90 Å². The molecule has 0 radical (unpaired) electrons. The van der Waals surface area contributed by atoms with Crippen LogP contribution in [0.25, 0.3) is 97.4 Å². The van der Waals surface area contributed by atoms with Gasteiger partial charge in [0.05, 0.1) is 0 Å². The number of benzene rings is 11. The Hall–Kier alpha value is -8.04. The van der Waals surface area contributed by atoms with Gasteiger partial charge in [0.1, 0.15) is 0 Å². The minimum atomic E-state index is 1.09. The summed E-state index contributed by atoms with van der Waals surface area (Å²) in [6, 6.07) is 91.0. The molecule has 0 unspecified atom stereocenters. The summed E-state index contributed by atoms with van der Waals surface area (Å²) in [5.74, 6) is 0. The molecule has 0 N–H and O–H groups in total. The average molecular weight is 832 g/mol. The Morgan fingerprint density at radius 3 is 1.59 bits per heavy atom. The second-order valence-corrected chi connectivity index (χ2v) is 17.6. The number of thiophene rings is 1. The number of nitrogens with zero attached hydrogens (tertiary/aromatic N) is 1. The standard InChI is InChI=1S/C62H41NS/c1-2-13-42(14-3-1)50-38-51(40-52(39-50)58-24-12-25-60-59-22-8-9-26-61(59)64-62(58)60)48-19-10-20-55(41-48)63(53-33-29-44(30-34-53)49-28-27-43-15-4-5-17-47(43)37-49)54-35-31-46(32-36-54)57-23-11-18-45-16-6-7-21-56(45)57/h1-41H. The van der Waals surface area contributed by atoms with Gasteiger partial charge in [-0.15, -0.1) is 11.3 Å². The normalized spacial score (nSPS) is 11.4. The van der Waals surface area contributed by atoms with Crippen LogP contribution in [0.2, 0.25) is 0 Å². The van der Waals surface area contributed by atoms with Crippen LogP contribution in [-0.2, 0) is 0 Å². The summed E-state index contributed by atoms with van der Waals surface area (Å²) < 4.78 is 2.63. The second kappa shape index (κ2) is 16.0. The van der Waals surface area contributed by atoms with Crippen molar-refractivity contribution in [2.45, 2.75) is 0 Å². The molecule has 12 aromatic rings.